The monoisotopic (exact) mass is 307 g/mol. The molecule has 0 saturated heterocycles. The zero-order chi connectivity index (χ0) is 16.1. The first-order chi connectivity index (χ1) is 11.3. The molecule has 2 aromatic heterocycles. The largest absolute Gasteiger partial charge is 0.399 e. The summed E-state index contributed by atoms with van der Waals surface area (Å²) in [5.74, 6) is 1.91. The lowest BCUT2D eigenvalue weighted by Gasteiger charge is -2.11. The zero-order valence-electron chi connectivity index (χ0n) is 13.3. The number of hydrogen-bond acceptors (Lipinski definition) is 4. The molecule has 0 radical (unpaired) electrons. The second kappa shape index (κ2) is 7.05. The number of nitrogen functional groups attached to an aromatic ring is 1. The van der Waals surface area contributed by atoms with E-state index in [2.05, 4.69) is 38.8 Å². The molecular weight excluding hydrogens is 286 g/mol. The summed E-state index contributed by atoms with van der Waals surface area (Å²) in [5.41, 5.74) is 8.77. The van der Waals surface area contributed by atoms with Gasteiger partial charge in [-0.3, -0.25) is 4.98 Å². The number of nitrogens with two attached hydrogens (primary N) is 1. The average molecular weight is 307 g/mol. The van der Waals surface area contributed by atoms with Crippen LogP contribution in [-0.4, -0.2) is 19.7 Å². The van der Waals surface area contributed by atoms with Crippen molar-refractivity contribution in [3.63, 3.8) is 0 Å². The number of rotatable bonds is 6. The Kier molecular flexibility index (Phi) is 4.66. The summed E-state index contributed by atoms with van der Waals surface area (Å²) in [6.45, 7) is 2.93. The molecule has 0 aliphatic heterocycles. The van der Waals surface area contributed by atoms with Crippen LogP contribution < -0.4 is 5.73 Å². The van der Waals surface area contributed by atoms with Gasteiger partial charge in [0.05, 0.1) is 6.54 Å². The summed E-state index contributed by atoms with van der Waals surface area (Å²) < 4.78 is 2.19. The van der Waals surface area contributed by atoms with Crippen LogP contribution in [-0.2, 0) is 13.0 Å². The molecule has 0 bridgehead atoms. The first kappa shape index (κ1) is 15.2. The van der Waals surface area contributed by atoms with E-state index in [0.717, 1.165) is 48.7 Å². The van der Waals surface area contributed by atoms with Crippen molar-refractivity contribution in [3.8, 4) is 11.4 Å². The van der Waals surface area contributed by atoms with Gasteiger partial charge >= 0.3 is 0 Å². The third-order valence-electron chi connectivity index (χ3n) is 3.84. The number of anilines is 1. The van der Waals surface area contributed by atoms with E-state index in [1.165, 1.54) is 5.56 Å². The van der Waals surface area contributed by atoms with Gasteiger partial charge in [0.15, 0.2) is 5.82 Å². The van der Waals surface area contributed by atoms with E-state index in [1.807, 2.05) is 24.3 Å². The van der Waals surface area contributed by atoms with E-state index >= 15 is 0 Å². The number of hydrogen-bond donors (Lipinski definition) is 1. The Hall–Kier alpha value is -2.69. The number of pyridine rings is 1. The maximum atomic E-state index is 5.78. The molecule has 2 N–H and O–H groups in total. The highest BCUT2D eigenvalue weighted by molar-refractivity contribution is 5.54. The Bertz CT molecular complexity index is 747. The molecule has 2 heterocycles. The van der Waals surface area contributed by atoms with E-state index in [9.17, 15) is 0 Å². The second-order valence-electron chi connectivity index (χ2n) is 5.61. The molecule has 23 heavy (non-hydrogen) atoms. The van der Waals surface area contributed by atoms with Gasteiger partial charge in [-0.25, -0.2) is 0 Å². The summed E-state index contributed by atoms with van der Waals surface area (Å²) >= 11 is 0. The normalized spacial score (nSPS) is 10.8. The number of benzene rings is 1. The fraction of sp³-hybridized carbons (Fsp3) is 0.278. The van der Waals surface area contributed by atoms with E-state index in [-0.39, 0.29) is 0 Å². The Labute approximate surface area is 136 Å². The molecule has 0 fully saturated rings. The van der Waals surface area contributed by atoms with Crippen molar-refractivity contribution < 1.29 is 0 Å². The molecule has 0 aliphatic rings. The first-order valence-electron chi connectivity index (χ1n) is 7.95. The minimum Gasteiger partial charge on any atom is -0.399 e. The molecule has 0 saturated carbocycles. The van der Waals surface area contributed by atoms with Crippen molar-refractivity contribution in [2.75, 3.05) is 5.73 Å². The minimum atomic E-state index is 0.740. The minimum absolute atomic E-state index is 0.740. The summed E-state index contributed by atoms with van der Waals surface area (Å²) in [5, 5.41) is 8.83. The molecule has 1 aromatic carbocycles. The lowest BCUT2D eigenvalue weighted by molar-refractivity contribution is 0.681. The molecule has 0 spiro atoms. The fourth-order valence-electron chi connectivity index (χ4n) is 2.54. The summed E-state index contributed by atoms with van der Waals surface area (Å²) in [7, 11) is 0. The van der Waals surface area contributed by atoms with Crippen molar-refractivity contribution in [3.05, 3.63) is 60.2 Å². The van der Waals surface area contributed by atoms with Crippen LogP contribution in [0.2, 0.25) is 0 Å². The van der Waals surface area contributed by atoms with Gasteiger partial charge in [0.25, 0.3) is 0 Å². The number of aromatic nitrogens is 4. The van der Waals surface area contributed by atoms with E-state index in [4.69, 9.17) is 5.73 Å². The second-order valence-corrected chi connectivity index (χ2v) is 5.61. The van der Waals surface area contributed by atoms with Crippen LogP contribution in [0.3, 0.4) is 0 Å². The van der Waals surface area contributed by atoms with Crippen LogP contribution in [0.25, 0.3) is 11.4 Å². The lowest BCUT2D eigenvalue weighted by Crippen LogP contribution is -2.07. The summed E-state index contributed by atoms with van der Waals surface area (Å²) in [6, 6.07) is 11.9. The Balaban J connectivity index is 1.97. The number of nitrogens with zero attached hydrogens (tertiary/aromatic N) is 4. The van der Waals surface area contributed by atoms with Gasteiger partial charge < -0.3 is 10.3 Å². The van der Waals surface area contributed by atoms with Crippen molar-refractivity contribution in [1.82, 2.24) is 19.7 Å². The Morgan fingerprint density at radius 2 is 1.74 bits per heavy atom. The molecule has 0 atom stereocenters. The highest BCUT2D eigenvalue weighted by atomic mass is 15.3. The fourth-order valence-corrected chi connectivity index (χ4v) is 2.54. The summed E-state index contributed by atoms with van der Waals surface area (Å²) in [6.07, 6.45) is 6.74. The standard InChI is InChI=1S/C18H21N5/c1-2-3-4-17-21-22-18(15-9-11-20-12-10-15)23(17)13-14-5-7-16(19)8-6-14/h5-12H,2-4,13,19H2,1H3. The molecule has 0 amide bonds. The highest BCUT2D eigenvalue weighted by Gasteiger charge is 2.13. The molecule has 118 valence electrons. The van der Waals surface area contributed by atoms with E-state index < -0.39 is 0 Å². The smallest absolute Gasteiger partial charge is 0.164 e. The maximum absolute atomic E-state index is 5.78. The third-order valence-corrected chi connectivity index (χ3v) is 3.84. The zero-order valence-corrected chi connectivity index (χ0v) is 13.3. The summed E-state index contributed by atoms with van der Waals surface area (Å²) in [4.78, 5) is 4.08. The molecular formula is C18H21N5. The molecule has 0 aliphatic carbocycles. The molecule has 3 aromatic rings. The van der Waals surface area contributed by atoms with Crippen LogP contribution in [0.4, 0.5) is 5.69 Å². The Morgan fingerprint density at radius 1 is 1.00 bits per heavy atom. The number of unbranched alkanes of at least 4 members (excludes halogenated alkanes) is 1. The predicted octanol–water partition coefficient (Wildman–Crippen LogP) is 3.31. The predicted molar refractivity (Wildman–Crippen MR) is 91.8 cm³/mol. The van der Waals surface area contributed by atoms with Crippen molar-refractivity contribution >= 4 is 5.69 Å². The van der Waals surface area contributed by atoms with Gasteiger partial charge in [0.1, 0.15) is 5.82 Å². The van der Waals surface area contributed by atoms with E-state index in [1.54, 1.807) is 12.4 Å². The van der Waals surface area contributed by atoms with Crippen LogP contribution in [0.1, 0.15) is 31.2 Å². The lowest BCUT2D eigenvalue weighted by atomic mass is 10.2. The molecule has 5 heteroatoms. The SMILES string of the molecule is CCCCc1nnc(-c2ccncc2)n1Cc1ccc(N)cc1. The van der Waals surface area contributed by atoms with Crippen LogP contribution >= 0.6 is 0 Å². The quantitative estimate of drug-likeness (QED) is 0.709. The van der Waals surface area contributed by atoms with Gasteiger partial charge in [-0.15, -0.1) is 10.2 Å². The van der Waals surface area contributed by atoms with Crippen molar-refractivity contribution in [1.29, 1.82) is 0 Å². The van der Waals surface area contributed by atoms with Gasteiger partial charge in [-0.1, -0.05) is 25.5 Å². The van der Waals surface area contributed by atoms with Crippen LogP contribution in [0.5, 0.6) is 0 Å². The molecule has 3 rings (SSSR count). The first-order valence-corrected chi connectivity index (χ1v) is 7.95. The third kappa shape index (κ3) is 3.56. The Morgan fingerprint density at radius 3 is 2.43 bits per heavy atom. The highest BCUT2D eigenvalue weighted by Crippen LogP contribution is 2.20. The topological polar surface area (TPSA) is 69.6 Å². The van der Waals surface area contributed by atoms with Gasteiger partial charge in [-0.2, -0.15) is 0 Å². The van der Waals surface area contributed by atoms with Gasteiger partial charge in [0, 0.05) is 30.1 Å². The number of aryl methyl sites for hydroxylation is 1. The van der Waals surface area contributed by atoms with Crippen molar-refractivity contribution in [2.24, 2.45) is 0 Å². The van der Waals surface area contributed by atoms with Crippen molar-refractivity contribution in [2.45, 2.75) is 32.7 Å². The van der Waals surface area contributed by atoms with Gasteiger partial charge in [0.2, 0.25) is 0 Å². The van der Waals surface area contributed by atoms with Crippen LogP contribution in [0.15, 0.2) is 48.8 Å². The molecule has 0 unspecified atom stereocenters. The molecule has 5 nitrogen and oxygen atoms in total. The van der Waals surface area contributed by atoms with E-state index in [0.29, 0.717) is 0 Å². The maximum Gasteiger partial charge on any atom is 0.164 e. The van der Waals surface area contributed by atoms with Gasteiger partial charge in [-0.05, 0) is 36.2 Å². The van der Waals surface area contributed by atoms with Crippen LogP contribution in [0, 0.1) is 0 Å². The average Bonchev–Trinajstić information content (AvgIpc) is 2.98.